The van der Waals surface area contributed by atoms with E-state index in [9.17, 15) is 0 Å². The average molecular weight is 166 g/mol. The number of hydrogen-bond donors (Lipinski definition) is 0. The summed E-state index contributed by atoms with van der Waals surface area (Å²) in [7, 11) is 36.3. The second kappa shape index (κ2) is 3.35. The Kier molecular flexibility index (Phi) is 2.94. The highest BCUT2D eigenvalue weighted by atomic mass is 14.4. The lowest BCUT2D eigenvalue weighted by molar-refractivity contribution is 0.683. The maximum atomic E-state index is 5.85. The summed E-state index contributed by atoms with van der Waals surface area (Å²) in [6.45, 7) is 1.84. The van der Waals surface area contributed by atoms with Crippen molar-refractivity contribution in [1.82, 2.24) is 0 Å². The molecule has 1 atom stereocenters. The van der Waals surface area contributed by atoms with Crippen molar-refractivity contribution in [3.63, 3.8) is 0 Å². The summed E-state index contributed by atoms with van der Waals surface area (Å²) in [5, 5.41) is -4.26. The van der Waals surface area contributed by atoms with E-state index in [1.54, 1.807) is 19.4 Å². The molecule has 0 aromatic rings. The first-order chi connectivity index (χ1) is 6.17. The van der Waals surface area contributed by atoms with Crippen LogP contribution in [0, 0.1) is 0 Å². The fourth-order valence-corrected chi connectivity index (χ4v) is 1.65. The molecule has 1 heterocycles. The van der Waals surface area contributed by atoms with Gasteiger partial charge in [0.05, 0.1) is 47.1 Å². The van der Waals surface area contributed by atoms with Gasteiger partial charge < -0.3 is 0 Å². The molecule has 13 radical (unpaired) electrons. The van der Waals surface area contributed by atoms with Crippen molar-refractivity contribution in [2.24, 2.45) is 0 Å². The molecule has 1 aliphatic rings. The van der Waals surface area contributed by atoms with Crippen LogP contribution < -0.4 is 0 Å². The lowest BCUT2D eigenvalue weighted by Gasteiger charge is -2.49. The maximum Gasteiger partial charge on any atom is 0.105 e. The quantitative estimate of drug-likeness (QED) is 0.359. The summed E-state index contributed by atoms with van der Waals surface area (Å²) in [6.07, 6.45) is 3.57. The first-order valence-electron chi connectivity index (χ1n) is 4.39. The maximum absolute atomic E-state index is 5.85. The van der Waals surface area contributed by atoms with Gasteiger partial charge in [0.15, 0.2) is 0 Å². The Morgan fingerprint density at radius 3 is 1.86 bits per heavy atom. The van der Waals surface area contributed by atoms with E-state index in [0.29, 0.717) is 0 Å². The molecule has 1 rings (SSSR count). The van der Waals surface area contributed by atoms with Crippen molar-refractivity contribution in [3.05, 3.63) is 12.2 Å². The second-order valence-corrected chi connectivity index (χ2v) is 3.95. The highest BCUT2D eigenvalue weighted by molar-refractivity contribution is 6.81. The monoisotopic (exact) mass is 167 g/mol. The highest BCUT2D eigenvalue weighted by Crippen LogP contribution is 2.68. The smallest absolute Gasteiger partial charge is 0.105 e. The third-order valence-corrected chi connectivity index (χ3v) is 2.84. The highest BCUT2D eigenvalue weighted by Gasteiger charge is 2.54. The van der Waals surface area contributed by atoms with Gasteiger partial charge in [-0.2, -0.15) is 0 Å². The van der Waals surface area contributed by atoms with E-state index >= 15 is 0 Å². The zero-order chi connectivity index (χ0) is 11.2. The zero-order valence-corrected chi connectivity index (χ0v) is 8.27. The van der Waals surface area contributed by atoms with Crippen molar-refractivity contribution >= 4 is 54.4 Å². The van der Waals surface area contributed by atoms with Gasteiger partial charge in [-0.3, -0.25) is 0 Å². The van der Waals surface area contributed by atoms with Crippen LogP contribution in [0.25, 0.3) is 0 Å². The van der Waals surface area contributed by atoms with Crippen LogP contribution in [-0.2, 0) is 0 Å². The molecule has 0 amide bonds. The average Bonchev–Trinajstić information content (AvgIpc) is 2.11. The standard InChI is InChI=1S/C7H6B7/c1-2-3-4-5(8,9)6(10,11)7(12,13)14-4/h2-4H,1H3/b3-2+. The number of hydrogen-bond acceptors (Lipinski definition) is 0. The van der Waals surface area contributed by atoms with E-state index in [2.05, 4.69) is 0 Å². The molecule has 1 saturated heterocycles. The van der Waals surface area contributed by atoms with Crippen molar-refractivity contribution < 1.29 is 0 Å². The first kappa shape index (κ1) is 12.3. The fourth-order valence-electron chi connectivity index (χ4n) is 1.65. The summed E-state index contributed by atoms with van der Waals surface area (Å²) in [5.41, 5.74) is 0. The molecule has 0 aromatic heterocycles. The lowest BCUT2D eigenvalue weighted by atomic mass is 9.18. The summed E-state index contributed by atoms with van der Waals surface area (Å²) < 4.78 is 0. The predicted molar refractivity (Wildman–Crippen MR) is 66.9 cm³/mol. The molecule has 0 aliphatic carbocycles. The minimum absolute atomic E-state index is 0.336. The van der Waals surface area contributed by atoms with E-state index in [1.165, 1.54) is 0 Å². The van der Waals surface area contributed by atoms with Gasteiger partial charge in [0.1, 0.15) is 7.28 Å². The molecule has 0 spiro atoms. The molecule has 0 N–H and O–H groups in total. The Labute approximate surface area is 95.1 Å². The molecule has 0 saturated carbocycles. The van der Waals surface area contributed by atoms with Gasteiger partial charge in [0.25, 0.3) is 0 Å². The molecule has 0 nitrogen and oxygen atoms in total. The molecular formula is C7H6B7. The number of rotatable bonds is 1. The van der Waals surface area contributed by atoms with Crippen LogP contribution in [-0.4, -0.2) is 54.4 Å². The Balaban J connectivity index is 3.11. The van der Waals surface area contributed by atoms with Crippen molar-refractivity contribution in [2.45, 2.75) is 28.3 Å². The predicted octanol–water partition coefficient (Wildman–Crippen LogP) is -0.614. The normalized spacial score (nSPS) is 32.8. The Morgan fingerprint density at radius 1 is 1.07 bits per heavy atom. The topological polar surface area (TPSA) is 0 Å². The van der Waals surface area contributed by atoms with E-state index in [0.717, 1.165) is 0 Å². The third kappa shape index (κ3) is 1.47. The van der Waals surface area contributed by atoms with Gasteiger partial charge in [-0.05, 0) is 6.92 Å². The van der Waals surface area contributed by atoms with Gasteiger partial charge in [-0.15, -0.1) is 15.5 Å². The van der Waals surface area contributed by atoms with Gasteiger partial charge in [0.2, 0.25) is 0 Å². The molecule has 0 aromatic carbocycles. The van der Waals surface area contributed by atoms with Crippen LogP contribution >= 0.6 is 0 Å². The molecule has 1 unspecified atom stereocenters. The fraction of sp³-hybridized carbons (Fsp3) is 0.714. The van der Waals surface area contributed by atoms with Crippen LogP contribution in [0.1, 0.15) is 6.92 Å². The van der Waals surface area contributed by atoms with E-state index in [-0.39, 0.29) is 5.82 Å². The molecular weight excluding hydrogens is 160 g/mol. The van der Waals surface area contributed by atoms with Gasteiger partial charge in [-0.1, -0.05) is 18.0 Å². The molecule has 1 aliphatic heterocycles. The summed E-state index contributed by atoms with van der Waals surface area (Å²) in [4.78, 5) is 0. The van der Waals surface area contributed by atoms with Gasteiger partial charge >= 0.3 is 0 Å². The largest absolute Gasteiger partial charge is 0.133 e. The third-order valence-electron chi connectivity index (χ3n) is 2.84. The van der Waals surface area contributed by atoms with Crippen molar-refractivity contribution in [2.75, 3.05) is 0 Å². The van der Waals surface area contributed by atoms with E-state index in [1.807, 2.05) is 6.92 Å². The SMILES string of the molecule is [B]C1([B])[B]C(/C=C/C)C([B])([B])C1([B])[B]. The molecule has 14 heavy (non-hydrogen) atoms. The number of allylic oxidation sites excluding steroid dienone is 2. The molecule has 0 bridgehead atoms. The Morgan fingerprint density at radius 2 is 1.57 bits per heavy atom. The lowest BCUT2D eigenvalue weighted by Crippen LogP contribution is -2.37. The van der Waals surface area contributed by atoms with Crippen LogP contribution in [0.4, 0.5) is 0 Å². The minimum atomic E-state index is -1.54. The van der Waals surface area contributed by atoms with Gasteiger partial charge in [0, 0.05) is 0 Å². The molecule has 1 fully saturated rings. The second-order valence-electron chi connectivity index (χ2n) is 3.95. The van der Waals surface area contributed by atoms with Crippen LogP contribution in [0.15, 0.2) is 12.2 Å². The Bertz CT molecular complexity index is 255. The Hall–Kier alpha value is 0.195. The van der Waals surface area contributed by atoms with Crippen molar-refractivity contribution in [3.8, 4) is 0 Å². The van der Waals surface area contributed by atoms with Crippen LogP contribution in [0.5, 0.6) is 0 Å². The minimum Gasteiger partial charge on any atom is -0.133 e. The van der Waals surface area contributed by atoms with E-state index in [4.69, 9.17) is 47.1 Å². The van der Waals surface area contributed by atoms with Crippen LogP contribution in [0.3, 0.4) is 0 Å². The summed E-state index contributed by atoms with van der Waals surface area (Å²) in [5.74, 6) is -0.336. The van der Waals surface area contributed by atoms with E-state index < -0.39 is 15.5 Å². The molecule has 7 heteroatoms. The van der Waals surface area contributed by atoms with Gasteiger partial charge in [-0.25, -0.2) is 0 Å². The van der Waals surface area contributed by atoms with Crippen LogP contribution in [0.2, 0.25) is 21.4 Å². The first-order valence-corrected chi connectivity index (χ1v) is 4.39. The summed E-state index contributed by atoms with van der Waals surface area (Å²) in [6, 6.07) is 0. The van der Waals surface area contributed by atoms with Crippen molar-refractivity contribution in [1.29, 1.82) is 0 Å². The zero-order valence-electron chi connectivity index (χ0n) is 8.27. The molecule has 55 valence electrons. The summed E-state index contributed by atoms with van der Waals surface area (Å²) >= 11 is 0.